The van der Waals surface area contributed by atoms with Crippen molar-refractivity contribution in [2.75, 3.05) is 0 Å². The molecule has 7 nitrogen and oxygen atoms in total. The van der Waals surface area contributed by atoms with Gasteiger partial charge in [0.25, 0.3) is 0 Å². The highest BCUT2D eigenvalue weighted by Crippen LogP contribution is 1.96. The van der Waals surface area contributed by atoms with E-state index in [9.17, 15) is 0 Å². The summed E-state index contributed by atoms with van der Waals surface area (Å²) in [7, 11) is 1.82. The molecule has 0 bridgehead atoms. The number of nitrogens with two attached hydrogens (primary N) is 1. The van der Waals surface area contributed by atoms with E-state index in [2.05, 4.69) is 20.4 Å². The van der Waals surface area contributed by atoms with Crippen LogP contribution in [0.25, 0.3) is 0 Å². The highest BCUT2D eigenvalue weighted by atomic mass is 15.4. The second kappa shape index (κ2) is 3.54. The van der Waals surface area contributed by atoms with Crippen LogP contribution in [0.1, 0.15) is 11.5 Å². The number of rotatable bonds is 3. The molecule has 74 valence electrons. The smallest absolute Gasteiger partial charge is 0.164 e. The van der Waals surface area contributed by atoms with Crippen molar-refractivity contribution in [3.63, 3.8) is 0 Å². The normalized spacial score (nSPS) is 10.7. The van der Waals surface area contributed by atoms with E-state index in [-0.39, 0.29) is 0 Å². The van der Waals surface area contributed by atoms with Gasteiger partial charge in [-0.2, -0.15) is 5.10 Å². The molecule has 0 amide bonds. The van der Waals surface area contributed by atoms with Crippen LogP contribution in [0.5, 0.6) is 0 Å². The van der Waals surface area contributed by atoms with Gasteiger partial charge in [0.1, 0.15) is 12.0 Å². The summed E-state index contributed by atoms with van der Waals surface area (Å²) in [6.07, 6.45) is 3.47. The van der Waals surface area contributed by atoms with Crippen LogP contribution in [0, 0.1) is 0 Å². The lowest BCUT2D eigenvalue weighted by atomic mass is 10.5. The fourth-order valence-corrected chi connectivity index (χ4v) is 1.14. The monoisotopic (exact) mass is 193 g/mol. The first-order valence-electron chi connectivity index (χ1n) is 4.21. The molecule has 0 aliphatic heterocycles. The van der Waals surface area contributed by atoms with Crippen molar-refractivity contribution in [2.24, 2.45) is 12.8 Å². The zero-order valence-corrected chi connectivity index (χ0v) is 7.83. The number of aromatic nitrogens is 6. The zero-order valence-electron chi connectivity index (χ0n) is 7.83. The van der Waals surface area contributed by atoms with Crippen LogP contribution >= 0.6 is 0 Å². The van der Waals surface area contributed by atoms with Gasteiger partial charge in [-0.1, -0.05) is 5.21 Å². The molecule has 0 unspecified atom stereocenters. The Morgan fingerprint density at radius 2 is 2.36 bits per heavy atom. The Balaban J connectivity index is 2.10. The van der Waals surface area contributed by atoms with E-state index < -0.39 is 0 Å². The standard InChI is InChI=1S/C7H11N7/c1-13-3-6(10-12-13)4-14-5-9-7(2-8)11-14/h3,5H,2,4,8H2,1H3. The predicted octanol–water partition coefficient (Wildman–Crippen LogP) is -1.09. The average Bonchev–Trinajstić information content (AvgIpc) is 2.76. The van der Waals surface area contributed by atoms with Crippen molar-refractivity contribution < 1.29 is 0 Å². The Bertz CT molecular complexity index is 415. The SMILES string of the molecule is Cn1cc(Cn2cnc(CN)n2)nn1. The summed E-state index contributed by atoms with van der Waals surface area (Å²) in [6.45, 7) is 0.925. The van der Waals surface area contributed by atoms with Crippen molar-refractivity contribution in [1.29, 1.82) is 0 Å². The molecule has 14 heavy (non-hydrogen) atoms. The molecule has 2 heterocycles. The summed E-state index contributed by atoms with van der Waals surface area (Å²) in [5.74, 6) is 0.633. The first kappa shape index (κ1) is 8.82. The van der Waals surface area contributed by atoms with E-state index >= 15 is 0 Å². The number of hydrogen-bond acceptors (Lipinski definition) is 5. The Labute approximate surface area is 80.5 Å². The van der Waals surface area contributed by atoms with E-state index in [0.29, 0.717) is 18.9 Å². The molecule has 0 saturated heterocycles. The molecule has 0 aliphatic rings. The minimum atomic E-state index is 0.355. The van der Waals surface area contributed by atoms with Gasteiger partial charge in [-0.3, -0.25) is 4.68 Å². The summed E-state index contributed by atoms with van der Waals surface area (Å²) in [6, 6.07) is 0. The third kappa shape index (κ3) is 1.77. The van der Waals surface area contributed by atoms with Gasteiger partial charge in [0.15, 0.2) is 5.82 Å². The lowest BCUT2D eigenvalue weighted by Gasteiger charge is -1.93. The molecule has 0 spiro atoms. The first-order valence-corrected chi connectivity index (χ1v) is 4.21. The van der Waals surface area contributed by atoms with E-state index in [1.807, 2.05) is 13.2 Å². The van der Waals surface area contributed by atoms with E-state index in [4.69, 9.17) is 5.73 Å². The molecule has 0 radical (unpaired) electrons. The van der Waals surface area contributed by atoms with Gasteiger partial charge < -0.3 is 5.73 Å². The van der Waals surface area contributed by atoms with Gasteiger partial charge >= 0.3 is 0 Å². The summed E-state index contributed by atoms with van der Waals surface area (Å²) in [5.41, 5.74) is 6.24. The molecule has 0 fully saturated rings. The quantitative estimate of drug-likeness (QED) is 0.669. The lowest BCUT2D eigenvalue weighted by molar-refractivity contribution is 0.655. The maximum atomic E-state index is 5.39. The summed E-state index contributed by atoms with van der Waals surface area (Å²) in [5, 5.41) is 11.9. The number of aryl methyl sites for hydroxylation is 1. The van der Waals surface area contributed by atoms with Crippen LogP contribution in [0.15, 0.2) is 12.5 Å². The molecule has 2 N–H and O–H groups in total. The van der Waals surface area contributed by atoms with Gasteiger partial charge in [0.05, 0.1) is 13.1 Å². The lowest BCUT2D eigenvalue weighted by Crippen LogP contribution is -2.03. The van der Waals surface area contributed by atoms with Crippen molar-refractivity contribution >= 4 is 0 Å². The third-order valence-corrected chi connectivity index (χ3v) is 1.74. The van der Waals surface area contributed by atoms with Crippen LogP contribution < -0.4 is 5.73 Å². The average molecular weight is 193 g/mol. The molecule has 0 aliphatic carbocycles. The third-order valence-electron chi connectivity index (χ3n) is 1.74. The highest BCUT2D eigenvalue weighted by molar-refractivity contribution is 4.93. The maximum Gasteiger partial charge on any atom is 0.164 e. The van der Waals surface area contributed by atoms with Gasteiger partial charge in [0, 0.05) is 13.2 Å². The van der Waals surface area contributed by atoms with Crippen LogP contribution in [-0.2, 0) is 20.1 Å². The molecular weight excluding hydrogens is 182 g/mol. The summed E-state index contributed by atoms with van der Waals surface area (Å²) in [4.78, 5) is 4.01. The van der Waals surface area contributed by atoms with Crippen molar-refractivity contribution in [3.05, 3.63) is 24.0 Å². The molecule has 0 atom stereocenters. The molecule has 7 heteroatoms. The zero-order chi connectivity index (χ0) is 9.97. The van der Waals surface area contributed by atoms with Gasteiger partial charge in [-0.05, 0) is 0 Å². The predicted molar refractivity (Wildman–Crippen MR) is 48.0 cm³/mol. The fourth-order valence-electron chi connectivity index (χ4n) is 1.14. The number of nitrogens with zero attached hydrogens (tertiary/aromatic N) is 6. The van der Waals surface area contributed by atoms with E-state index in [1.165, 1.54) is 0 Å². The minimum absolute atomic E-state index is 0.355. The highest BCUT2D eigenvalue weighted by Gasteiger charge is 2.02. The Morgan fingerprint density at radius 3 is 2.93 bits per heavy atom. The maximum absolute atomic E-state index is 5.39. The molecule has 2 aromatic heterocycles. The van der Waals surface area contributed by atoms with Crippen LogP contribution in [0.3, 0.4) is 0 Å². The second-order valence-corrected chi connectivity index (χ2v) is 2.95. The van der Waals surface area contributed by atoms with Crippen molar-refractivity contribution in [3.8, 4) is 0 Å². The Kier molecular flexibility index (Phi) is 2.23. The molecular formula is C7H11N7. The number of hydrogen-bond donors (Lipinski definition) is 1. The fraction of sp³-hybridized carbons (Fsp3) is 0.429. The Morgan fingerprint density at radius 1 is 1.50 bits per heavy atom. The van der Waals surface area contributed by atoms with Crippen LogP contribution in [0.2, 0.25) is 0 Å². The minimum Gasteiger partial charge on any atom is -0.324 e. The first-order chi connectivity index (χ1) is 6.78. The van der Waals surface area contributed by atoms with Gasteiger partial charge in [-0.25, -0.2) is 9.67 Å². The second-order valence-electron chi connectivity index (χ2n) is 2.95. The van der Waals surface area contributed by atoms with Gasteiger partial charge in [0.2, 0.25) is 0 Å². The van der Waals surface area contributed by atoms with Crippen molar-refractivity contribution in [1.82, 2.24) is 29.8 Å². The topological polar surface area (TPSA) is 87.4 Å². The van der Waals surface area contributed by atoms with Gasteiger partial charge in [-0.15, -0.1) is 5.10 Å². The largest absolute Gasteiger partial charge is 0.324 e. The molecule has 2 rings (SSSR count). The van der Waals surface area contributed by atoms with Crippen molar-refractivity contribution in [2.45, 2.75) is 13.1 Å². The van der Waals surface area contributed by atoms with E-state index in [0.717, 1.165) is 5.69 Å². The molecule has 2 aromatic rings. The Hall–Kier alpha value is -1.76. The van der Waals surface area contributed by atoms with Crippen LogP contribution in [0.4, 0.5) is 0 Å². The van der Waals surface area contributed by atoms with E-state index in [1.54, 1.807) is 15.7 Å². The summed E-state index contributed by atoms with van der Waals surface area (Å²) >= 11 is 0. The summed E-state index contributed by atoms with van der Waals surface area (Å²) < 4.78 is 3.34. The molecule has 0 aromatic carbocycles. The molecule has 0 saturated carbocycles. The van der Waals surface area contributed by atoms with Crippen LogP contribution in [-0.4, -0.2) is 29.8 Å².